The van der Waals surface area contributed by atoms with Crippen LogP contribution in [0.15, 0.2) is 0 Å². The van der Waals surface area contributed by atoms with Gasteiger partial charge in [-0.05, 0) is 13.3 Å². The van der Waals surface area contributed by atoms with E-state index in [9.17, 15) is 14.4 Å². The zero-order valence-electron chi connectivity index (χ0n) is 9.08. The highest BCUT2D eigenvalue weighted by Gasteiger charge is 2.33. The predicted molar refractivity (Wildman–Crippen MR) is 54.0 cm³/mol. The van der Waals surface area contributed by atoms with Crippen molar-refractivity contribution >= 4 is 17.8 Å². The Bertz CT molecular complexity index is 268. The Morgan fingerprint density at radius 1 is 1.40 bits per heavy atom. The van der Waals surface area contributed by atoms with Gasteiger partial charge in [-0.25, -0.2) is 4.79 Å². The van der Waals surface area contributed by atoms with Crippen molar-refractivity contribution in [3.8, 4) is 0 Å². The monoisotopic (exact) mass is 212 g/mol. The molecule has 5 heteroatoms. The van der Waals surface area contributed by atoms with E-state index >= 15 is 0 Å². The van der Waals surface area contributed by atoms with Gasteiger partial charge in [-0.15, -0.1) is 0 Å². The fourth-order valence-corrected chi connectivity index (χ4v) is 1.63. The summed E-state index contributed by atoms with van der Waals surface area (Å²) in [4.78, 5) is 34.9. The SMILES string of the molecule is CCCCC(C)N1C(=O)CC(=O)NC1=O. The van der Waals surface area contributed by atoms with Crippen LogP contribution in [-0.2, 0) is 9.59 Å². The van der Waals surface area contributed by atoms with E-state index in [-0.39, 0.29) is 12.5 Å². The van der Waals surface area contributed by atoms with Gasteiger partial charge >= 0.3 is 6.03 Å². The molecule has 15 heavy (non-hydrogen) atoms. The molecule has 1 fully saturated rings. The second-order valence-corrected chi connectivity index (χ2v) is 3.79. The van der Waals surface area contributed by atoms with Crippen molar-refractivity contribution in [2.45, 2.75) is 45.6 Å². The maximum absolute atomic E-state index is 11.5. The molecule has 0 radical (unpaired) electrons. The number of unbranched alkanes of at least 4 members (excludes halogenated alkanes) is 1. The molecule has 1 atom stereocenters. The number of hydrogen-bond donors (Lipinski definition) is 1. The zero-order valence-corrected chi connectivity index (χ0v) is 9.08. The first kappa shape index (κ1) is 11.7. The number of hydrogen-bond acceptors (Lipinski definition) is 3. The molecule has 1 N–H and O–H groups in total. The van der Waals surface area contributed by atoms with Gasteiger partial charge in [0.05, 0.1) is 0 Å². The molecule has 0 aliphatic carbocycles. The first-order valence-corrected chi connectivity index (χ1v) is 5.22. The molecule has 4 amide bonds. The number of amides is 4. The predicted octanol–water partition coefficient (Wildman–Crippen LogP) is 1.03. The minimum absolute atomic E-state index is 0.134. The standard InChI is InChI=1S/C10H16N2O3/c1-3-4-5-7(2)12-9(14)6-8(13)11-10(12)15/h7H,3-6H2,1-2H3,(H,11,13,15). The third-order valence-electron chi connectivity index (χ3n) is 2.46. The lowest BCUT2D eigenvalue weighted by Gasteiger charge is -2.30. The Balaban J connectivity index is 2.62. The summed E-state index contributed by atoms with van der Waals surface area (Å²) in [7, 11) is 0. The van der Waals surface area contributed by atoms with Crippen molar-refractivity contribution < 1.29 is 14.4 Å². The second-order valence-electron chi connectivity index (χ2n) is 3.79. The smallest absolute Gasteiger partial charge is 0.277 e. The molecule has 1 saturated heterocycles. The topological polar surface area (TPSA) is 66.5 Å². The molecule has 1 heterocycles. The average Bonchev–Trinajstić information content (AvgIpc) is 2.12. The van der Waals surface area contributed by atoms with Crippen molar-refractivity contribution in [1.82, 2.24) is 10.2 Å². The Hall–Kier alpha value is -1.39. The highest BCUT2D eigenvalue weighted by molar-refractivity contribution is 6.14. The minimum atomic E-state index is -0.583. The first-order chi connectivity index (χ1) is 7.06. The first-order valence-electron chi connectivity index (χ1n) is 5.22. The van der Waals surface area contributed by atoms with Crippen molar-refractivity contribution in [3.63, 3.8) is 0 Å². The minimum Gasteiger partial charge on any atom is -0.277 e. The number of urea groups is 1. The van der Waals surface area contributed by atoms with Crippen molar-refractivity contribution in [2.24, 2.45) is 0 Å². The largest absolute Gasteiger partial charge is 0.331 e. The number of rotatable bonds is 4. The number of nitrogens with one attached hydrogen (secondary N) is 1. The molecule has 1 unspecified atom stereocenters. The molecular formula is C10H16N2O3. The summed E-state index contributed by atoms with van der Waals surface area (Å²) in [6.45, 7) is 3.87. The lowest BCUT2D eigenvalue weighted by atomic mass is 10.1. The lowest BCUT2D eigenvalue weighted by molar-refractivity contribution is -0.137. The summed E-state index contributed by atoms with van der Waals surface area (Å²) >= 11 is 0. The third-order valence-corrected chi connectivity index (χ3v) is 2.46. The van der Waals surface area contributed by atoms with E-state index in [0.29, 0.717) is 0 Å². The molecule has 0 aromatic heterocycles. The fourth-order valence-electron chi connectivity index (χ4n) is 1.63. The van der Waals surface area contributed by atoms with Gasteiger partial charge in [0.25, 0.3) is 0 Å². The molecule has 1 aliphatic rings. The summed E-state index contributed by atoms with van der Waals surface area (Å²) in [5.41, 5.74) is 0. The maximum Gasteiger partial charge on any atom is 0.331 e. The number of barbiturate groups is 1. The zero-order chi connectivity index (χ0) is 11.4. The lowest BCUT2D eigenvalue weighted by Crippen LogP contribution is -2.55. The van der Waals surface area contributed by atoms with E-state index in [1.807, 2.05) is 13.8 Å². The molecule has 0 bridgehead atoms. The van der Waals surface area contributed by atoms with Gasteiger partial charge in [0, 0.05) is 6.04 Å². The van der Waals surface area contributed by atoms with Crippen LogP contribution < -0.4 is 5.32 Å². The molecule has 0 saturated carbocycles. The Kier molecular flexibility index (Phi) is 3.82. The normalized spacial score (nSPS) is 19.1. The summed E-state index contributed by atoms with van der Waals surface area (Å²) in [6, 6.07) is -0.717. The van der Waals surface area contributed by atoms with E-state index in [2.05, 4.69) is 5.32 Å². The Morgan fingerprint density at radius 3 is 2.60 bits per heavy atom. The van der Waals surface area contributed by atoms with Gasteiger partial charge < -0.3 is 0 Å². The van der Waals surface area contributed by atoms with Crippen LogP contribution in [0.3, 0.4) is 0 Å². The van der Waals surface area contributed by atoms with Crippen molar-refractivity contribution in [1.29, 1.82) is 0 Å². The molecule has 84 valence electrons. The van der Waals surface area contributed by atoms with Crippen molar-refractivity contribution in [2.75, 3.05) is 0 Å². The Labute approximate surface area is 88.8 Å². The van der Waals surface area contributed by atoms with Crippen LogP contribution in [0.5, 0.6) is 0 Å². The van der Waals surface area contributed by atoms with Crippen LogP contribution in [0, 0.1) is 0 Å². The van der Waals surface area contributed by atoms with E-state index in [4.69, 9.17) is 0 Å². The molecule has 5 nitrogen and oxygen atoms in total. The van der Waals surface area contributed by atoms with E-state index < -0.39 is 17.8 Å². The third kappa shape index (κ3) is 2.78. The van der Waals surface area contributed by atoms with Gasteiger partial charge in [-0.1, -0.05) is 19.8 Å². The summed E-state index contributed by atoms with van der Waals surface area (Å²) < 4.78 is 0. The summed E-state index contributed by atoms with van der Waals surface area (Å²) in [6.07, 6.45) is 2.55. The van der Waals surface area contributed by atoms with Crippen molar-refractivity contribution in [3.05, 3.63) is 0 Å². The van der Waals surface area contributed by atoms with Crippen LogP contribution in [0.4, 0.5) is 4.79 Å². The van der Waals surface area contributed by atoms with Crippen LogP contribution >= 0.6 is 0 Å². The maximum atomic E-state index is 11.5. The van der Waals surface area contributed by atoms with Gasteiger partial charge in [0.15, 0.2) is 0 Å². The Morgan fingerprint density at radius 2 is 2.07 bits per heavy atom. The van der Waals surface area contributed by atoms with Gasteiger partial charge in [-0.3, -0.25) is 19.8 Å². The van der Waals surface area contributed by atoms with E-state index in [1.165, 1.54) is 0 Å². The molecular weight excluding hydrogens is 196 g/mol. The summed E-state index contributed by atoms with van der Waals surface area (Å²) in [5, 5.41) is 2.14. The van der Waals surface area contributed by atoms with Crippen LogP contribution in [0.2, 0.25) is 0 Å². The number of carbonyl (C=O) groups excluding carboxylic acids is 3. The van der Waals surface area contributed by atoms with Crippen LogP contribution in [0.1, 0.15) is 39.5 Å². The number of imide groups is 2. The summed E-state index contributed by atoms with van der Waals surface area (Å²) in [5.74, 6) is -0.906. The van der Waals surface area contributed by atoms with Gasteiger partial charge in [0.2, 0.25) is 11.8 Å². The second kappa shape index (κ2) is 4.91. The highest BCUT2D eigenvalue weighted by atomic mass is 16.2. The average molecular weight is 212 g/mol. The molecule has 1 rings (SSSR count). The van der Waals surface area contributed by atoms with Crippen LogP contribution in [-0.4, -0.2) is 28.8 Å². The molecule has 0 spiro atoms. The quantitative estimate of drug-likeness (QED) is 0.708. The van der Waals surface area contributed by atoms with Crippen LogP contribution in [0.25, 0.3) is 0 Å². The van der Waals surface area contributed by atoms with Gasteiger partial charge in [0.1, 0.15) is 6.42 Å². The number of carbonyl (C=O) groups is 3. The number of nitrogens with zero attached hydrogens (tertiary/aromatic N) is 1. The molecule has 0 aromatic carbocycles. The molecule has 1 aliphatic heterocycles. The highest BCUT2D eigenvalue weighted by Crippen LogP contribution is 2.13. The fraction of sp³-hybridized carbons (Fsp3) is 0.700. The molecule has 0 aromatic rings. The van der Waals surface area contributed by atoms with E-state index in [1.54, 1.807) is 0 Å². The van der Waals surface area contributed by atoms with Gasteiger partial charge in [-0.2, -0.15) is 0 Å². The van der Waals surface area contributed by atoms with E-state index in [0.717, 1.165) is 24.2 Å².